The van der Waals surface area contributed by atoms with Crippen molar-refractivity contribution >= 4 is 23.3 Å². The Hall–Kier alpha value is -1.30. The minimum absolute atomic E-state index is 0.0170. The van der Waals surface area contributed by atoms with Gasteiger partial charge in [-0.05, 0) is 38.5 Å². The second kappa shape index (κ2) is 7.31. The summed E-state index contributed by atoms with van der Waals surface area (Å²) in [5.41, 5.74) is 1.77. The van der Waals surface area contributed by atoms with Crippen LogP contribution in [0.1, 0.15) is 29.8 Å². The molecule has 0 amide bonds. The molecule has 22 heavy (non-hydrogen) atoms. The third-order valence-corrected chi connectivity index (χ3v) is 4.22. The topological polar surface area (TPSA) is 59.0 Å². The van der Waals surface area contributed by atoms with Crippen LogP contribution in [-0.2, 0) is 9.47 Å². The highest BCUT2D eigenvalue weighted by Crippen LogP contribution is 2.31. The second-order valence-corrected chi connectivity index (χ2v) is 5.72. The summed E-state index contributed by atoms with van der Waals surface area (Å²) >= 11 is 6.12. The molecule has 1 saturated heterocycles. The van der Waals surface area contributed by atoms with Crippen LogP contribution in [0.25, 0.3) is 0 Å². The predicted octanol–water partition coefficient (Wildman–Crippen LogP) is 2.98. The van der Waals surface area contributed by atoms with Gasteiger partial charge in [-0.15, -0.1) is 0 Å². The van der Waals surface area contributed by atoms with E-state index < -0.39 is 5.97 Å². The monoisotopic (exact) mass is 327 g/mol. The van der Waals surface area contributed by atoms with Gasteiger partial charge in [0.05, 0.1) is 24.8 Å². The van der Waals surface area contributed by atoms with Gasteiger partial charge in [0.1, 0.15) is 6.10 Å². The van der Waals surface area contributed by atoms with Crippen molar-refractivity contribution in [3.63, 3.8) is 0 Å². The fraction of sp³-hybridized carbons (Fsp3) is 0.562. The molecule has 0 spiro atoms. The molecule has 1 N–H and O–H groups in total. The second-order valence-electron chi connectivity index (χ2n) is 5.29. The SMILES string of the molecule is CCO[C@H]1COC[C@@H]1N(CC)c1cc(Cl)cc(C(=O)O)c1C. The predicted molar refractivity (Wildman–Crippen MR) is 86.2 cm³/mol. The van der Waals surface area contributed by atoms with Gasteiger partial charge in [-0.3, -0.25) is 0 Å². The first-order valence-corrected chi connectivity index (χ1v) is 7.86. The zero-order valence-corrected chi connectivity index (χ0v) is 13.9. The number of anilines is 1. The zero-order valence-electron chi connectivity index (χ0n) is 13.1. The van der Waals surface area contributed by atoms with Crippen LogP contribution in [0, 0.1) is 6.92 Å². The summed E-state index contributed by atoms with van der Waals surface area (Å²) < 4.78 is 11.3. The first-order chi connectivity index (χ1) is 10.5. The summed E-state index contributed by atoms with van der Waals surface area (Å²) in [5, 5.41) is 9.76. The molecule has 2 atom stereocenters. The molecular formula is C16H22ClNO4. The van der Waals surface area contributed by atoms with Crippen molar-refractivity contribution in [1.29, 1.82) is 0 Å². The minimum Gasteiger partial charge on any atom is -0.478 e. The normalized spacial score (nSPS) is 21.1. The van der Waals surface area contributed by atoms with Crippen molar-refractivity contribution in [3.05, 3.63) is 28.3 Å². The molecule has 5 nitrogen and oxygen atoms in total. The standard InChI is InChI=1S/C16H22ClNO4/c1-4-18(14-8-21-9-15(14)22-5-2)13-7-11(17)6-12(10(13)3)16(19)20/h6-7,14-15H,4-5,8-9H2,1-3H3,(H,19,20)/t14-,15-/m0/s1. The van der Waals surface area contributed by atoms with Crippen molar-refractivity contribution in [1.82, 2.24) is 0 Å². The summed E-state index contributed by atoms with van der Waals surface area (Å²) in [4.78, 5) is 13.5. The highest BCUT2D eigenvalue weighted by molar-refractivity contribution is 6.31. The van der Waals surface area contributed by atoms with Crippen LogP contribution in [0.3, 0.4) is 0 Å². The number of hydrogen-bond acceptors (Lipinski definition) is 4. The molecule has 0 saturated carbocycles. The number of halogens is 1. The largest absolute Gasteiger partial charge is 0.478 e. The van der Waals surface area contributed by atoms with Crippen LogP contribution in [0.4, 0.5) is 5.69 Å². The van der Waals surface area contributed by atoms with Crippen molar-refractivity contribution in [2.75, 3.05) is 31.3 Å². The average molecular weight is 328 g/mol. The Morgan fingerprint density at radius 2 is 2.18 bits per heavy atom. The Morgan fingerprint density at radius 1 is 1.45 bits per heavy atom. The van der Waals surface area contributed by atoms with Crippen LogP contribution < -0.4 is 4.90 Å². The van der Waals surface area contributed by atoms with Crippen LogP contribution in [0.2, 0.25) is 5.02 Å². The molecule has 0 radical (unpaired) electrons. The molecule has 1 aliphatic heterocycles. The summed E-state index contributed by atoms with van der Waals surface area (Å²) in [5.74, 6) is -0.971. The van der Waals surface area contributed by atoms with Gasteiger partial charge < -0.3 is 19.5 Å². The highest BCUT2D eigenvalue weighted by Gasteiger charge is 2.34. The van der Waals surface area contributed by atoms with Crippen molar-refractivity contribution in [2.24, 2.45) is 0 Å². The van der Waals surface area contributed by atoms with Crippen LogP contribution in [-0.4, -0.2) is 49.6 Å². The number of carboxylic acids is 1. The molecule has 1 aromatic rings. The maximum absolute atomic E-state index is 11.4. The third-order valence-electron chi connectivity index (χ3n) is 4.01. The fourth-order valence-corrected chi connectivity index (χ4v) is 3.17. The van der Waals surface area contributed by atoms with Gasteiger partial charge in [0, 0.05) is 23.9 Å². The number of likely N-dealkylation sites (N-methyl/N-ethyl adjacent to an activating group) is 1. The molecule has 0 aliphatic carbocycles. The van der Waals surface area contributed by atoms with Crippen molar-refractivity contribution < 1.29 is 19.4 Å². The van der Waals surface area contributed by atoms with Gasteiger partial charge in [-0.2, -0.15) is 0 Å². The number of hydrogen-bond donors (Lipinski definition) is 1. The van der Waals surface area contributed by atoms with E-state index in [-0.39, 0.29) is 17.7 Å². The number of nitrogens with zero attached hydrogens (tertiary/aromatic N) is 1. The van der Waals surface area contributed by atoms with E-state index in [1.54, 1.807) is 0 Å². The first kappa shape index (κ1) is 17.1. The van der Waals surface area contributed by atoms with E-state index in [2.05, 4.69) is 4.90 Å². The lowest BCUT2D eigenvalue weighted by atomic mass is 10.0. The summed E-state index contributed by atoms with van der Waals surface area (Å²) in [6, 6.07) is 3.36. The number of carboxylic acid groups (broad SMARTS) is 1. The number of aromatic carboxylic acids is 1. The molecule has 0 bridgehead atoms. The van der Waals surface area contributed by atoms with E-state index in [0.717, 1.165) is 12.2 Å². The molecule has 1 heterocycles. The van der Waals surface area contributed by atoms with Gasteiger partial charge in [0.2, 0.25) is 0 Å². The van der Waals surface area contributed by atoms with Gasteiger partial charge in [0.15, 0.2) is 0 Å². The van der Waals surface area contributed by atoms with E-state index in [1.165, 1.54) is 6.07 Å². The number of carbonyl (C=O) groups is 1. The Morgan fingerprint density at radius 3 is 2.77 bits per heavy atom. The van der Waals surface area contributed by atoms with Gasteiger partial charge in [-0.25, -0.2) is 4.79 Å². The van der Waals surface area contributed by atoms with Gasteiger partial charge in [-0.1, -0.05) is 11.6 Å². The lowest BCUT2D eigenvalue weighted by Crippen LogP contribution is -2.44. The molecule has 1 aliphatic rings. The van der Waals surface area contributed by atoms with E-state index in [1.807, 2.05) is 26.8 Å². The Kier molecular flexibility index (Phi) is 5.67. The van der Waals surface area contributed by atoms with Gasteiger partial charge >= 0.3 is 5.97 Å². The van der Waals surface area contributed by atoms with Gasteiger partial charge in [0.25, 0.3) is 0 Å². The molecule has 0 aromatic heterocycles. The van der Waals surface area contributed by atoms with Crippen LogP contribution in [0.15, 0.2) is 12.1 Å². The molecule has 2 rings (SSSR count). The number of benzene rings is 1. The quantitative estimate of drug-likeness (QED) is 0.870. The van der Waals surface area contributed by atoms with Crippen molar-refractivity contribution in [3.8, 4) is 0 Å². The lowest BCUT2D eigenvalue weighted by molar-refractivity contribution is 0.0449. The average Bonchev–Trinajstić information content (AvgIpc) is 2.91. The number of rotatable bonds is 6. The minimum atomic E-state index is -0.971. The smallest absolute Gasteiger partial charge is 0.336 e. The lowest BCUT2D eigenvalue weighted by Gasteiger charge is -2.34. The van der Waals surface area contributed by atoms with Crippen LogP contribution >= 0.6 is 11.6 Å². The van der Waals surface area contributed by atoms with E-state index in [4.69, 9.17) is 21.1 Å². The summed E-state index contributed by atoms with van der Waals surface area (Å²) in [6.07, 6.45) is -0.0170. The molecule has 122 valence electrons. The molecular weight excluding hydrogens is 306 g/mol. The Balaban J connectivity index is 2.41. The maximum atomic E-state index is 11.4. The van der Waals surface area contributed by atoms with E-state index in [9.17, 15) is 9.90 Å². The maximum Gasteiger partial charge on any atom is 0.336 e. The van der Waals surface area contributed by atoms with E-state index in [0.29, 0.717) is 30.4 Å². The molecule has 1 fully saturated rings. The number of ether oxygens (including phenoxy) is 2. The first-order valence-electron chi connectivity index (χ1n) is 7.49. The Labute approximate surface area is 135 Å². The fourth-order valence-electron chi connectivity index (χ4n) is 2.96. The zero-order chi connectivity index (χ0) is 16.3. The Bertz CT molecular complexity index is 549. The van der Waals surface area contributed by atoms with E-state index >= 15 is 0 Å². The van der Waals surface area contributed by atoms with Crippen molar-refractivity contribution in [2.45, 2.75) is 32.9 Å². The van der Waals surface area contributed by atoms with Crippen LogP contribution in [0.5, 0.6) is 0 Å². The summed E-state index contributed by atoms with van der Waals surface area (Å²) in [7, 11) is 0. The molecule has 6 heteroatoms. The summed E-state index contributed by atoms with van der Waals surface area (Å²) in [6.45, 7) is 8.26. The highest BCUT2D eigenvalue weighted by atomic mass is 35.5. The molecule has 1 aromatic carbocycles. The third kappa shape index (κ3) is 3.37. The molecule has 0 unspecified atom stereocenters.